The van der Waals surface area contributed by atoms with Gasteiger partial charge in [-0.2, -0.15) is 0 Å². The largest absolute Gasteiger partial charge is 0.475 e. The molecule has 2 aromatic heterocycles. The van der Waals surface area contributed by atoms with Crippen LogP contribution in [0.15, 0.2) is 30.7 Å². The highest BCUT2D eigenvalue weighted by atomic mass is 16.5. The number of rotatable bonds is 5. The van der Waals surface area contributed by atoms with Crippen molar-refractivity contribution in [1.29, 1.82) is 0 Å². The molecule has 0 radical (unpaired) electrons. The van der Waals surface area contributed by atoms with E-state index < -0.39 is 0 Å². The predicted molar refractivity (Wildman–Crippen MR) is 84.3 cm³/mol. The number of hydrogen-bond donors (Lipinski definition) is 1. The monoisotopic (exact) mass is 301 g/mol. The van der Waals surface area contributed by atoms with Crippen molar-refractivity contribution in [2.75, 3.05) is 24.3 Å². The van der Waals surface area contributed by atoms with Crippen LogP contribution in [0.1, 0.15) is 24.3 Å². The van der Waals surface area contributed by atoms with Crippen molar-refractivity contribution in [3.8, 4) is 5.88 Å². The second-order valence-electron chi connectivity index (χ2n) is 5.16. The highest BCUT2D eigenvalue weighted by Crippen LogP contribution is 2.16. The second kappa shape index (κ2) is 6.84. The molecule has 22 heavy (non-hydrogen) atoms. The van der Waals surface area contributed by atoms with E-state index in [0.29, 0.717) is 17.4 Å². The summed E-state index contributed by atoms with van der Waals surface area (Å²) in [5.41, 5.74) is 0.836. The predicted octanol–water partition coefficient (Wildman–Crippen LogP) is 1.98. The Morgan fingerprint density at radius 1 is 1.23 bits per heavy atom. The van der Waals surface area contributed by atoms with Crippen LogP contribution < -0.4 is 15.0 Å². The Morgan fingerprint density at radius 3 is 2.59 bits per heavy atom. The molecule has 0 unspecified atom stereocenters. The lowest BCUT2D eigenvalue weighted by molar-refractivity contribution is 0.102. The first-order chi connectivity index (χ1) is 10.5. The van der Waals surface area contributed by atoms with Gasteiger partial charge in [-0.15, -0.1) is 0 Å². The average molecular weight is 301 g/mol. The molecule has 0 bridgehead atoms. The summed E-state index contributed by atoms with van der Waals surface area (Å²) in [6.45, 7) is 3.82. The molecule has 7 nitrogen and oxygen atoms in total. The van der Waals surface area contributed by atoms with E-state index in [1.165, 1.54) is 6.20 Å². The zero-order chi connectivity index (χ0) is 16.1. The van der Waals surface area contributed by atoms with Crippen molar-refractivity contribution in [2.24, 2.45) is 0 Å². The van der Waals surface area contributed by atoms with E-state index in [4.69, 9.17) is 4.74 Å². The van der Waals surface area contributed by atoms with E-state index in [1.54, 1.807) is 24.5 Å². The van der Waals surface area contributed by atoms with E-state index in [1.807, 2.05) is 32.8 Å². The molecule has 0 aliphatic rings. The minimum Gasteiger partial charge on any atom is -0.475 e. The van der Waals surface area contributed by atoms with Gasteiger partial charge >= 0.3 is 0 Å². The zero-order valence-electron chi connectivity index (χ0n) is 13.1. The Balaban J connectivity index is 2.08. The zero-order valence-corrected chi connectivity index (χ0v) is 13.1. The number of carbonyl (C=O) groups excluding carboxylic acids is 1. The first kappa shape index (κ1) is 15.7. The van der Waals surface area contributed by atoms with Crippen molar-refractivity contribution in [3.05, 3.63) is 36.4 Å². The molecule has 0 fully saturated rings. The van der Waals surface area contributed by atoms with Crippen LogP contribution in [-0.4, -0.2) is 41.1 Å². The molecule has 0 spiro atoms. The third kappa shape index (κ3) is 4.15. The highest BCUT2D eigenvalue weighted by Gasteiger charge is 2.10. The molecule has 0 aliphatic heterocycles. The van der Waals surface area contributed by atoms with Crippen LogP contribution in [0, 0.1) is 0 Å². The lowest BCUT2D eigenvalue weighted by Gasteiger charge is -2.11. The lowest BCUT2D eigenvalue weighted by Crippen LogP contribution is -2.16. The molecule has 0 atom stereocenters. The van der Waals surface area contributed by atoms with E-state index in [9.17, 15) is 4.79 Å². The number of pyridine rings is 1. The molecule has 0 aromatic carbocycles. The fraction of sp³-hybridized carbons (Fsp3) is 0.333. The summed E-state index contributed by atoms with van der Waals surface area (Å²) >= 11 is 0. The van der Waals surface area contributed by atoms with Crippen LogP contribution in [0.4, 0.5) is 11.5 Å². The topological polar surface area (TPSA) is 80.2 Å². The van der Waals surface area contributed by atoms with Crippen molar-refractivity contribution >= 4 is 17.4 Å². The number of aromatic nitrogens is 3. The van der Waals surface area contributed by atoms with Crippen LogP contribution in [0.2, 0.25) is 0 Å². The van der Waals surface area contributed by atoms with E-state index in [-0.39, 0.29) is 17.7 Å². The number of amides is 1. The summed E-state index contributed by atoms with van der Waals surface area (Å²) in [6, 6.07) is 3.35. The standard InChI is InChI=1S/C15H19N5O2/c1-10(2)22-14-7-11(5-6-16-14)19-15(21)12-8-18-13(9-17-12)20(3)4/h5-10H,1-4H3,(H,16,19,21). The molecular formula is C15H19N5O2. The van der Waals surface area contributed by atoms with Gasteiger partial charge in [0.1, 0.15) is 11.5 Å². The highest BCUT2D eigenvalue weighted by molar-refractivity contribution is 6.02. The number of carbonyl (C=O) groups is 1. The maximum atomic E-state index is 12.1. The van der Waals surface area contributed by atoms with Gasteiger partial charge in [0.05, 0.1) is 18.5 Å². The molecule has 116 valence electrons. The van der Waals surface area contributed by atoms with Gasteiger partial charge < -0.3 is 15.0 Å². The molecule has 2 heterocycles. The normalized spacial score (nSPS) is 10.4. The van der Waals surface area contributed by atoms with Crippen LogP contribution in [0.3, 0.4) is 0 Å². The van der Waals surface area contributed by atoms with Crippen molar-refractivity contribution in [3.63, 3.8) is 0 Å². The Hall–Kier alpha value is -2.70. The first-order valence-corrected chi connectivity index (χ1v) is 6.89. The number of anilines is 2. The molecule has 2 rings (SSSR count). The Kier molecular flexibility index (Phi) is 4.88. The maximum absolute atomic E-state index is 12.1. The number of nitrogens with zero attached hydrogens (tertiary/aromatic N) is 4. The van der Waals surface area contributed by atoms with E-state index >= 15 is 0 Å². The molecule has 0 aliphatic carbocycles. The summed E-state index contributed by atoms with van der Waals surface area (Å²) in [7, 11) is 3.72. The SMILES string of the molecule is CC(C)Oc1cc(NC(=O)c2cnc(N(C)C)cn2)ccn1. The van der Waals surface area contributed by atoms with Crippen LogP contribution in [0.25, 0.3) is 0 Å². The summed E-state index contributed by atoms with van der Waals surface area (Å²) in [5.74, 6) is 0.814. The minimum absolute atomic E-state index is 0.0166. The van der Waals surface area contributed by atoms with Gasteiger partial charge in [0.2, 0.25) is 5.88 Å². The van der Waals surface area contributed by atoms with E-state index in [0.717, 1.165) is 0 Å². The second-order valence-corrected chi connectivity index (χ2v) is 5.16. The summed E-state index contributed by atoms with van der Waals surface area (Å²) < 4.78 is 5.49. The molecule has 0 saturated carbocycles. The van der Waals surface area contributed by atoms with Gasteiger partial charge in [0.15, 0.2) is 0 Å². The number of ether oxygens (including phenoxy) is 1. The molecular weight excluding hydrogens is 282 g/mol. The fourth-order valence-corrected chi connectivity index (χ4v) is 1.66. The Labute approximate surface area is 129 Å². The van der Waals surface area contributed by atoms with Crippen molar-refractivity contribution < 1.29 is 9.53 Å². The Bertz CT molecular complexity index is 641. The van der Waals surface area contributed by atoms with Gasteiger partial charge in [-0.05, 0) is 19.9 Å². The quantitative estimate of drug-likeness (QED) is 0.909. The third-order valence-corrected chi connectivity index (χ3v) is 2.68. The Morgan fingerprint density at radius 2 is 2.00 bits per heavy atom. The van der Waals surface area contributed by atoms with Gasteiger partial charge in [-0.3, -0.25) is 4.79 Å². The summed E-state index contributed by atoms with van der Waals surface area (Å²) in [4.78, 5) is 26.3. The smallest absolute Gasteiger partial charge is 0.275 e. The maximum Gasteiger partial charge on any atom is 0.275 e. The summed E-state index contributed by atoms with van der Waals surface area (Å²) in [5, 5.41) is 2.75. The molecule has 2 aromatic rings. The average Bonchev–Trinajstić information content (AvgIpc) is 2.47. The van der Waals surface area contributed by atoms with Gasteiger partial charge in [0.25, 0.3) is 5.91 Å². The third-order valence-electron chi connectivity index (χ3n) is 2.68. The molecule has 7 heteroatoms. The minimum atomic E-state index is -0.334. The van der Waals surface area contributed by atoms with Gasteiger partial charge in [-0.25, -0.2) is 15.0 Å². The molecule has 0 saturated heterocycles. The number of hydrogen-bond acceptors (Lipinski definition) is 6. The van der Waals surface area contributed by atoms with E-state index in [2.05, 4.69) is 20.3 Å². The van der Waals surface area contributed by atoms with Crippen LogP contribution >= 0.6 is 0 Å². The fourth-order valence-electron chi connectivity index (χ4n) is 1.66. The number of nitrogens with one attached hydrogen (secondary N) is 1. The molecule has 1 amide bonds. The van der Waals surface area contributed by atoms with Crippen LogP contribution in [-0.2, 0) is 0 Å². The molecule has 1 N–H and O–H groups in total. The lowest BCUT2D eigenvalue weighted by atomic mass is 10.3. The van der Waals surface area contributed by atoms with Crippen molar-refractivity contribution in [2.45, 2.75) is 20.0 Å². The summed E-state index contributed by atoms with van der Waals surface area (Å²) in [6.07, 6.45) is 4.59. The first-order valence-electron chi connectivity index (χ1n) is 6.89. The van der Waals surface area contributed by atoms with Gasteiger partial charge in [-0.1, -0.05) is 0 Å². The van der Waals surface area contributed by atoms with Gasteiger partial charge in [0, 0.05) is 32.0 Å². The van der Waals surface area contributed by atoms with Crippen LogP contribution in [0.5, 0.6) is 5.88 Å². The van der Waals surface area contributed by atoms with Crippen molar-refractivity contribution in [1.82, 2.24) is 15.0 Å².